The Bertz CT molecular complexity index is 901. The molecule has 0 saturated heterocycles. The van der Waals surface area contributed by atoms with Crippen LogP contribution in [0.5, 0.6) is 0 Å². The molecule has 0 bridgehead atoms. The average Bonchev–Trinajstić information content (AvgIpc) is 2.73. The van der Waals surface area contributed by atoms with Crippen LogP contribution in [-0.4, -0.2) is 70.0 Å². The molecule has 0 spiro atoms. The Kier molecular flexibility index (Phi) is 11.6. The van der Waals surface area contributed by atoms with Gasteiger partial charge in [-0.05, 0) is 50.3 Å². The smallest absolute Gasteiger partial charge is 0.253 e. The molecule has 0 radical (unpaired) electrons. The molecule has 2 aromatic rings. The Labute approximate surface area is 206 Å². The molecule has 9 heteroatoms. The second-order valence-corrected chi connectivity index (χ2v) is 7.64. The van der Waals surface area contributed by atoms with Crippen LogP contribution in [0.15, 0.2) is 47.5 Å². The Balaban J connectivity index is 0.00000512. The fourth-order valence-electron chi connectivity index (χ4n) is 3.23. The van der Waals surface area contributed by atoms with Crippen molar-refractivity contribution in [2.75, 3.05) is 48.3 Å². The first-order valence-electron chi connectivity index (χ1n) is 10.1. The van der Waals surface area contributed by atoms with Crippen molar-refractivity contribution < 1.29 is 13.6 Å². The van der Waals surface area contributed by atoms with Crippen LogP contribution in [0.3, 0.4) is 0 Å². The molecule has 0 aliphatic rings. The van der Waals surface area contributed by atoms with Crippen molar-refractivity contribution in [2.45, 2.75) is 12.5 Å². The van der Waals surface area contributed by atoms with Crippen LogP contribution in [0.4, 0.5) is 8.78 Å². The molecule has 1 unspecified atom stereocenters. The van der Waals surface area contributed by atoms with E-state index >= 15 is 0 Å². The molecule has 176 valence electrons. The van der Waals surface area contributed by atoms with E-state index < -0.39 is 17.7 Å². The largest absolute Gasteiger partial charge is 0.356 e. The summed E-state index contributed by atoms with van der Waals surface area (Å²) in [4.78, 5) is 19.6. The maximum atomic E-state index is 14.2. The first-order chi connectivity index (χ1) is 14.7. The van der Waals surface area contributed by atoms with E-state index in [0.29, 0.717) is 24.5 Å². The lowest BCUT2D eigenvalue weighted by atomic mass is 10.0. The van der Waals surface area contributed by atoms with Crippen molar-refractivity contribution >= 4 is 35.8 Å². The maximum Gasteiger partial charge on any atom is 0.253 e. The summed E-state index contributed by atoms with van der Waals surface area (Å²) in [6.45, 7) is 0.858. The fourth-order valence-corrected chi connectivity index (χ4v) is 3.23. The minimum absolute atomic E-state index is 0. The highest BCUT2D eigenvalue weighted by Crippen LogP contribution is 2.23. The third-order valence-electron chi connectivity index (χ3n) is 4.93. The van der Waals surface area contributed by atoms with E-state index in [9.17, 15) is 13.6 Å². The van der Waals surface area contributed by atoms with Crippen LogP contribution < -0.4 is 10.6 Å². The van der Waals surface area contributed by atoms with Crippen molar-refractivity contribution in [1.82, 2.24) is 20.4 Å². The number of aliphatic imine (C=N–C) groups is 1. The molecule has 2 aromatic carbocycles. The molecule has 2 N–H and O–H groups in total. The summed E-state index contributed by atoms with van der Waals surface area (Å²) < 4.78 is 28.5. The monoisotopic (exact) mass is 559 g/mol. The van der Waals surface area contributed by atoms with Gasteiger partial charge in [-0.2, -0.15) is 0 Å². The highest BCUT2D eigenvalue weighted by atomic mass is 127. The van der Waals surface area contributed by atoms with Gasteiger partial charge in [0.25, 0.3) is 5.91 Å². The van der Waals surface area contributed by atoms with E-state index in [0.717, 1.165) is 5.56 Å². The molecule has 1 atom stereocenters. The molecule has 1 amide bonds. The van der Waals surface area contributed by atoms with E-state index in [2.05, 4.69) is 15.6 Å². The summed E-state index contributed by atoms with van der Waals surface area (Å²) in [5.74, 6) is -0.655. The third-order valence-corrected chi connectivity index (χ3v) is 4.93. The predicted molar refractivity (Wildman–Crippen MR) is 136 cm³/mol. The zero-order valence-electron chi connectivity index (χ0n) is 19.2. The van der Waals surface area contributed by atoms with E-state index in [4.69, 9.17) is 0 Å². The average molecular weight is 559 g/mol. The molecule has 0 saturated carbocycles. The van der Waals surface area contributed by atoms with E-state index in [-0.39, 0.29) is 42.0 Å². The molecule has 0 fully saturated rings. The zero-order chi connectivity index (χ0) is 23.0. The number of carbonyl (C=O) groups excluding carboxylic acids is 1. The van der Waals surface area contributed by atoms with Crippen molar-refractivity contribution in [2.24, 2.45) is 4.99 Å². The van der Waals surface area contributed by atoms with Crippen LogP contribution in [0.25, 0.3) is 0 Å². The van der Waals surface area contributed by atoms with Gasteiger partial charge in [-0.1, -0.05) is 18.2 Å². The quantitative estimate of drug-likeness (QED) is 0.296. The molecule has 0 aliphatic heterocycles. The first kappa shape index (κ1) is 27.8. The standard InChI is InChI=1S/C23H31F2N5O.HI/c1-26-23(27-13-12-16-8-6-9-17(14-16)22(31)30(4)5)28-15-20(29(2)3)21-18(24)10-7-11-19(21)25;/h6-11,14,20H,12-13,15H2,1-5H3,(H2,26,27,28);1H. The molecule has 6 nitrogen and oxygen atoms in total. The van der Waals surface area contributed by atoms with Crippen molar-refractivity contribution in [3.05, 3.63) is 70.8 Å². The van der Waals surface area contributed by atoms with Gasteiger partial charge in [-0.3, -0.25) is 9.79 Å². The number of benzene rings is 2. The molecule has 0 heterocycles. The SMILES string of the molecule is CN=C(NCCc1cccc(C(=O)N(C)C)c1)NCC(c1c(F)cccc1F)N(C)C.I. The summed E-state index contributed by atoms with van der Waals surface area (Å²) >= 11 is 0. The normalized spacial score (nSPS) is 12.2. The second kappa shape index (κ2) is 13.3. The minimum Gasteiger partial charge on any atom is -0.356 e. The van der Waals surface area contributed by atoms with Crippen molar-refractivity contribution in [1.29, 1.82) is 0 Å². The van der Waals surface area contributed by atoms with Crippen LogP contribution in [0.1, 0.15) is 27.5 Å². The molecular weight excluding hydrogens is 527 g/mol. The Morgan fingerprint density at radius 3 is 2.22 bits per heavy atom. The van der Waals surface area contributed by atoms with Gasteiger partial charge in [0.05, 0.1) is 6.04 Å². The number of nitrogens with one attached hydrogen (secondary N) is 2. The van der Waals surface area contributed by atoms with Crippen LogP contribution in [-0.2, 0) is 6.42 Å². The lowest BCUT2D eigenvalue weighted by Gasteiger charge is -2.26. The second-order valence-electron chi connectivity index (χ2n) is 7.64. The summed E-state index contributed by atoms with van der Waals surface area (Å²) in [7, 11) is 8.63. The summed E-state index contributed by atoms with van der Waals surface area (Å²) in [5, 5.41) is 6.34. The van der Waals surface area contributed by atoms with Gasteiger partial charge in [0.1, 0.15) is 11.6 Å². The van der Waals surface area contributed by atoms with Crippen molar-refractivity contribution in [3.8, 4) is 0 Å². The maximum absolute atomic E-state index is 14.2. The lowest BCUT2D eigenvalue weighted by molar-refractivity contribution is 0.0827. The van der Waals surface area contributed by atoms with Gasteiger partial charge in [0.15, 0.2) is 5.96 Å². The van der Waals surface area contributed by atoms with Gasteiger partial charge in [-0.25, -0.2) is 8.78 Å². The van der Waals surface area contributed by atoms with Crippen molar-refractivity contribution in [3.63, 3.8) is 0 Å². The summed E-state index contributed by atoms with van der Waals surface area (Å²) in [6.07, 6.45) is 0.689. The Hall–Kier alpha value is -2.27. The number of hydrogen-bond acceptors (Lipinski definition) is 3. The fraction of sp³-hybridized carbons (Fsp3) is 0.391. The topological polar surface area (TPSA) is 60.0 Å². The predicted octanol–water partition coefficient (Wildman–Crippen LogP) is 3.30. The zero-order valence-corrected chi connectivity index (χ0v) is 21.5. The van der Waals surface area contributed by atoms with Gasteiger partial charge in [-0.15, -0.1) is 24.0 Å². The number of carbonyl (C=O) groups is 1. The summed E-state index contributed by atoms with van der Waals surface area (Å²) in [6, 6.07) is 10.9. The van der Waals surface area contributed by atoms with Gasteiger partial charge in [0, 0.05) is 45.4 Å². The number of hydrogen-bond donors (Lipinski definition) is 2. The van der Waals surface area contributed by atoms with Gasteiger partial charge >= 0.3 is 0 Å². The van der Waals surface area contributed by atoms with E-state index in [1.54, 1.807) is 51.1 Å². The number of rotatable bonds is 8. The number of likely N-dealkylation sites (N-methyl/N-ethyl adjacent to an activating group) is 1. The number of guanidine groups is 1. The number of amides is 1. The highest BCUT2D eigenvalue weighted by Gasteiger charge is 2.22. The number of halogens is 3. The van der Waals surface area contributed by atoms with Crippen LogP contribution in [0.2, 0.25) is 0 Å². The van der Waals surface area contributed by atoms with E-state index in [1.807, 2.05) is 18.2 Å². The molecular formula is C23H32F2IN5O. The van der Waals surface area contributed by atoms with Gasteiger partial charge in [0.2, 0.25) is 0 Å². The third kappa shape index (κ3) is 7.70. The molecule has 0 aromatic heterocycles. The molecule has 2 rings (SSSR count). The first-order valence-corrected chi connectivity index (χ1v) is 10.1. The molecule has 32 heavy (non-hydrogen) atoms. The van der Waals surface area contributed by atoms with E-state index in [1.165, 1.54) is 18.2 Å². The Morgan fingerprint density at radius 1 is 1.03 bits per heavy atom. The number of nitrogens with zero attached hydrogens (tertiary/aromatic N) is 3. The van der Waals surface area contributed by atoms with Gasteiger partial charge < -0.3 is 20.4 Å². The summed E-state index contributed by atoms with van der Waals surface area (Å²) in [5.41, 5.74) is 1.69. The lowest BCUT2D eigenvalue weighted by Crippen LogP contribution is -2.42. The van der Waals surface area contributed by atoms with Crippen LogP contribution >= 0.6 is 24.0 Å². The molecule has 0 aliphatic carbocycles. The Morgan fingerprint density at radius 2 is 1.66 bits per heavy atom. The van der Waals surface area contributed by atoms with Crippen LogP contribution in [0, 0.1) is 11.6 Å². The highest BCUT2D eigenvalue weighted by molar-refractivity contribution is 14.0. The minimum atomic E-state index is -0.574.